The fourth-order valence-electron chi connectivity index (χ4n) is 2.27. The fraction of sp³-hybridized carbons (Fsp3) is 0.500. The molecule has 1 aliphatic heterocycles. The van der Waals surface area contributed by atoms with E-state index in [4.69, 9.17) is 20.5 Å². The van der Waals surface area contributed by atoms with Crippen molar-refractivity contribution in [2.45, 2.75) is 12.6 Å². The Labute approximate surface area is 113 Å². The number of nitrogens with zero attached hydrogens (tertiary/aromatic N) is 2. The van der Waals surface area contributed by atoms with Crippen molar-refractivity contribution in [1.29, 1.82) is 5.26 Å². The van der Waals surface area contributed by atoms with Gasteiger partial charge in [0.25, 0.3) is 0 Å². The molecule has 2 N–H and O–H groups in total. The number of benzene rings is 1. The molecule has 19 heavy (non-hydrogen) atoms. The molecule has 1 saturated heterocycles. The first-order valence-corrected chi connectivity index (χ1v) is 6.38. The molecule has 0 aliphatic carbocycles. The molecule has 0 bridgehead atoms. The zero-order valence-electron chi connectivity index (χ0n) is 11.1. The van der Waals surface area contributed by atoms with Gasteiger partial charge < -0.3 is 15.2 Å². The Morgan fingerprint density at radius 3 is 3.11 bits per heavy atom. The van der Waals surface area contributed by atoms with Gasteiger partial charge in [-0.15, -0.1) is 0 Å². The predicted molar refractivity (Wildman–Crippen MR) is 71.8 cm³/mol. The molecular weight excluding hydrogens is 242 g/mol. The molecule has 2 rings (SSSR count). The lowest BCUT2D eigenvalue weighted by Crippen LogP contribution is -2.45. The maximum Gasteiger partial charge on any atom is 0.136 e. The molecule has 1 aromatic rings. The minimum atomic E-state index is 0.113. The van der Waals surface area contributed by atoms with Gasteiger partial charge in [-0.1, -0.05) is 6.07 Å². The fourth-order valence-corrected chi connectivity index (χ4v) is 2.27. The van der Waals surface area contributed by atoms with Gasteiger partial charge in [0.05, 0.1) is 25.4 Å². The van der Waals surface area contributed by atoms with Gasteiger partial charge in [0, 0.05) is 26.2 Å². The van der Waals surface area contributed by atoms with Crippen molar-refractivity contribution < 1.29 is 9.47 Å². The predicted octanol–water partition coefficient (Wildman–Crippen LogP) is 0.726. The summed E-state index contributed by atoms with van der Waals surface area (Å²) in [5.74, 6) is 0.619. The second kappa shape index (κ2) is 6.53. The lowest BCUT2D eigenvalue weighted by molar-refractivity contribution is -0.0260. The van der Waals surface area contributed by atoms with Crippen molar-refractivity contribution >= 4 is 0 Å². The number of hydrogen-bond acceptors (Lipinski definition) is 5. The summed E-state index contributed by atoms with van der Waals surface area (Å²) >= 11 is 0. The number of methoxy groups -OCH3 is 1. The van der Waals surface area contributed by atoms with Crippen LogP contribution in [0.2, 0.25) is 0 Å². The van der Waals surface area contributed by atoms with Gasteiger partial charge in [-0.25, -0.2) is 0 Å². The van der Waals surface area contributed by atoms with Gasteiger partial charge in [0.1, 0.15) is 11.8 Å². The summed E-state index contributed by atoms with van der Waals surface area (Å²) in [6, 6.07) is 7.87. The number of hydrogen-bond donors (Lipinski definition) is 1. The SMILES string of the molecule is COc1ccc(CN2CCOC(CN)C2)cc1C#N. The van der Waals surface area contributed by atoms with Crippen LogP contribution in [0.15, 0.2) is 18.2 Å². The van der Waals surface area contributed by atoms with Crippen LogP contribution in [0.4, 0.5) is 0 Å². The molecule has 1 fully saturated rings. The van der Waals surface area contributed by atoms with E-state index in [9.17, 15) is 0 Å². The third-order valence-corrected chi connectivity index (χ3v) is 3.28. The largest absolute Gasteiger partial charge is 0.495 e. The van der Waals surface area contributed by atoms with Crippen LogP contribution < -0.4 is 10.5 Å². The molecule has 1 aliphatic rings. The molecule has 102 valence electrons. The quantitative estimate of drug-likeness (QED) is 0.865. The zero-order valence-corrected chi connectivity index (χ0v) is 11.1. The first-order valence-electron chi connectivity index (χ1n) is 6.38. The maximum absolute atomic E-state index is 9.08. The lowest BCUT2D eigenvalue weighted by atomic mass is 10.1. The van der Waals surface area contributed by atoms with E-state index in [-0.39, 0.29) is 6.10 Å². The van der Waals surface area contributed by atoms with E-state index in [2.05, 4.69) is 11.0 Å². The number of nitriles is 1. The smallest absolute Gasteiger partial charge is 0.136 e. The van der Waals surface area contributed by atoms with E-state index in [1.54, 1.807) is 7.11 Å². The number of morpholine rings is 1. The molecule has 0 aromatic heterocycles. The Balaban J connectivity index is 2.05. The molecule has 0 radical (unpaired) electrons. The summed E-state index contributed by atoms with van der Waals surface area (Å²) in [5.41, 5.74) is 7.31. The summed E-state index contributed by atoms with van der Waals surface area (Å²) < 4.78 is 10.7. The van der Waals surface area contributed by atoms with E-state index in [1.165, 1.54) is 0 Å². The molecule has 0 amide bonds. The van der Waals surface area contributed by atoms with Gasteiger partial charge in [0.15, 0.2) is 0 Å². The molecule has 1 heterocycles. The van der Waals surface area contributed by atoms with Crippen LogP contribution in [0.3, 0.4) is 0 Å². The van der Waals surface area contributed by atoms with Crippen LogP contribution in [-0.4, -0.2) is 44.4 Å². The second-order valence-electron chi connectivity index (χ2n) is 4.61. The summed E-state index contributed by atoms with van der Waals surface area (Å²) in [4.78, 5) is 2.30. The van der Waals surface area contributed by atoms with Crippen LogP contribution in [-0.2, 0) is 11.3 Å². The molecule has 5 heteroatoms. The van der Waals surface area contributed by atoms with Gasteiger partial charge >= 0.3 is 0 Å². The topological polar surface area (TPSA) is 71.5 Å². The van der Waals surface area contributed by atoms with Crippen LogP contribution >= 0.6 is 0 Å². The monoisotopic (exact) mass is 261 g/mol. The van der Waals surface area contributed by atoms with Crippen LogP contribution in [0.5, 0.6) is 5.75 Å². The zero-order chi connectivity index (χ0) is 13.7. The van der Waals surface area contributed by atoms with Crippen molar-refractivity contribution in [3.63, 3.8) is 0 Å². The number of rotatable bonds is 4. The summed E-state index contributed by atoms with van der Waals surface area (Å²) in [7, 11) is 1.57. The normalized spacial score (nSPS) is 19.9. The van der Waals surface area contributed by atoms with Crippen molar-refractivity contribution in [3.8, 4) is 11.8 Å². The van der Waals surface area contributed by atoms with E-state index in [0.717, 1.165) is 25.2 Å². The molecule has 0 saturated carbocycles. The van der Waals surface area contributed by atoms with Gasteiger partial charge in [-0.2, -0.15) is 5.26 Å². The van der Waals surface area contributed by atoms with Crippen molar-refractivity contribution in [2.24, 2.45) is 5.73 Å². The van der Waals surface area contributed by atoms with Crippen molar-refractivity contribution in [2.75, 3.05) is 33.4 Å². The maximum atomic E-state index is 9.08. The van der Waals surface area contributed by atoms with Gasteiger partial charge in [0.2, 0.25) is 0 Å². The van der Waals surface area contributed by atoms with Crippen LogP contribution in [0, 0.1) is 11.3 Å². The van der Waals surface area contributed by atoms with E-state index in [0.29, 0.717) is 24.5 Å². The average molecular weight is 261 g/mol. The highest BCUT2D eigenvalue weighted by Crippen LogP contribution is 2.20. The third-order valence-electron chi connectivity index (χ3n) is 3.28. The lowest BCUT2D eigenvalue weighted by Gasteiger charge is -2.32. The van der Waals surface area contributed by atoms with Crippen LogP contribution in [0.1, 0.15) is 11.1 Å². The van der Waals surface area contributed by atoms with Crippen molar-refractivity contribution in [1.82, 2.24) is 4.90 Å². The van der Waals surface area contributed by atoms with E-state index < -0.39 is 0 Å². The number of nitrogens with two attached hydrogens (primary N) is 1. The minimum Gasteiger partial charge on any atom is -0.495 e. The van der Waals surface area contributed by atoms with Crippen molar-refractivity contribution in [3.05, 3.63) is 29.3 Å². The highest BCUT2D eigenvalue weighted by molar-refractivity contribution is 5.45. The summed E-state index contributed by atoms with van der Waals surface area (Å²) in [5, 5.41) is 9.08. The van der Waals surface area contributed by atoms with E-state index in [1.807, 2.05) is 18.2 Å². The molecule has 1 aromatic carbocycles. The average Bonchev–Trinajstić information content (AvgIpc) is 2.47. The highest BCUT2D eigenvalue weighted by Gasteiger charge is 2.19. The Morgan fingerprint density at radius 2 is 2.42 bits per heavy atom. The molecule has 5 nitrogen and oxygen atoms in total. The second-order valence-corrected chi connectivity index (χ2v) is 4.61. The first kappa shape index (κ1) is 13.8. The van der Waals surface area contributed by atoms with Crippen LogP contribution in [0.25, 0.3) is 0 Å². The Hall–Kier alpha value is -1.61. The minimum absolute atomic E-state index is 0.113. The molecular formula is C14H19N3O2. The summed E-state index contributed by atoms with van der Waals surface area (Å²) in [6.07, 6.45) is 0.113. The molecule has 1 atom stereocenters. The Bertz CT molecular complexity index is 470. The summed E-state index contributed by atoms with van der Waals surface area (Å²) in [6.45, 7) is 3.79. The highest BCUT2D eigenvalue weighted by atomic mass is 16.5. The molecule has 0 spiro atoms. The molecule has 1 unspecified atom stereocenters. The van der Waals surface area contributed by atoms with Gasteiger partial charge in [-0.3, -0.25) is 4.90 Å². The standard InChI is InChI=1S/C14H19N3O2/c1-18-14-3-2-11(6-12(14)7-15)9-17-4-5-19-13(8-16)10-17/h2-3,6,13H,4-5,8-10,16H2,1H3. The van der Waals surface area contributed by atoms with E-state index >= 15 is 0 Å². The number of ether oxygens (including phenoxy) is 2. The Morgan fingerprint density at radius 1 is 1.58 bits per heavy atom. The Kier molecular flexibility index (Phi) is 4.74. The third kappa shape index (κ3) is 3.44. The van der Waals surface area contributed by atoms with Gasteiger partial charge in [-0.05, 0) is 17.7 Å². The first-order chi connectivity index (χ1) is 9.26.